The molecule has 0 saturated carbocycles. The minimum Gasteiger partial charge on any atom is -0.493 e. The Labute approximate surface area is 137 Å². The summed E-state index contributed by atoms with van der Waals surface area (Å²) in [5, 5.41) is 3.43. The molecule has 0 aliphatic rings. The van der Waals surface area contributed by atoms with E-state index in [1.807, 2.05) is 18.2 Å². The normalized spacial score (nSPS) is 11.3. The average Bonchev–Trinajstić information content (AvgIpc) is 2.51. The molecule has 0 amide bonds. The first kappa shape index (κ1) is 17.3. The second kappa shape index (κ2) is 7.47. The highest BCUT2D eigenvalue weighted by atomic mass is 19.1. The maximum absolute atomic E-state index is 13.8. The number of hydrogen-bond acceptors (Lipinski definition) is 3. The van der Waals surface area contributed by atoms with Gasteiger partial charge < -0.3 is 14.8 Å². The van der Waals surface area contributed by atoms with Gasteiger partial charge in [-0.15, -0.1) is 0 Å². The molecule has 0 aliphatic carbocycles. The number of nitrogens with one attached hydrogen (secondary N) is 1. The third-order valence-electron chi connectivity index (χ3n) is 3.42. The van der Waals surface area contributed by atoms with Crippen LogP contribution in [0, 0.1) is 5.82 Å². The lowest BCUT2D eigenvalue weighted by Gasteiger charge is -2.22. The summed E-state index contributed by atoms with van der Waals surface area (Å²) in [5.74, 6) is 1.03. The van der Waals surface area contributed by atoms with E-state index in [-0.39, 0.29) is 18.0 Å². The minimum atomic E-state index is -0.267. The summed E-state index contributed by atoms with van der Waals surface area (Å²) < 4.78 is 25.0. The number of para-hydroxylation sites is 1. The van der Waals surface area contributed by atoms with Gasteiger partial charge in [-0.05, 0) is 32.9 Å². The molecular weight excluding hydrogens is 293 g/mol. The molecule has 23 heavy (non-hydrogen) atoms. The van der Waals surface area contributed by atoms with Crippen LogP contribution in [-0.2, 0) is 13.2 Å². The van der Waals surface area contributed by atoms with Crippen molar-refractivity contribution in [3.05, 3.63) is 59.4 Å². The summed E-state index contributed by atoms with van der Waals surface area (Å²) in [7, 11) is 1.60. The smallest absolute Gasteiger partial charge is 0.166 e. The van der Waals surface area contributed by atoms with E-state index in [9.17, 15) is 4.39 Å². The fourth-order valence-corrected chi connectivity index (χ4v) is 2.15. The molecule has 2 aromatic carbocycles. The molecule has 3 nitrogen and oxygen atoms in total. The number of ether oxygens (including phenoxy) is 2. The molecule has 0 fully saturated rings. The summed E-state index contributed by atoms with van der Waals surface area (Å²) in [6.45, 7) is 7.12. The monoisotopic (exact) mass is 317 g/mol. The predicted octanol–water partition coefficient (Wildman–Crippen LogP) is 4.30. The molecule has 0 aliphatic heterocycles. The number of hydrogen-bond donors (Lipinski definition) is 1. The largest absolute Gasteiger partial charge is 0.493 e. The lowest BCUT2D eigenvalue weighted by Crippen LogP contribution is -2.35. The van der Waals surface area contributed by atoms with Gasteiger partial charge in [-0.25, -0.2) is 4.39 Å². The standard InChI is InChI=1S/C19H24FNO2/c1-19(2,3)21-12-14-9-7-11-17(22-4)18(14)23-13-15-8-5-6-10-16(15)20/h5-11,21H,12-13H2,1-4H3. The van der Waals surface area contributed by atoms with E-state index in [4.69, 9.17) is 9.47 Å². The van der Waals surface area contributed by atoms with Gasteiger partial charge in [0, 0.05) is 23.2 Å². The van der Waals surface area contributed by atoms with Gasteiger partial charge in [0.1, 0.15) is 12.4 Å². The molecule has 0 spiro atoms. The van der Waals surface area contributed by atoms with E-state index in [2.05, 4.69) is 26.1 Å². The average molecular weight is 317 g/mol. The first-order valence-electron chi connectivity index (χ1n) is 7.68. The number of benzene rings is 2. The minimum absolute atomic E-state index is 0.00805. The maximum atomic E-state index is 13.8. The quantitative estimate of drug-likeness (QED) is 0.861. The van der Waals surface area contributed by atoms with Crippen molar-refractivity contribution in [3.8, 4) is 11.5 Å². The third kappa shape index (κ3) is 4.96. The van der Waals surface area contributed by atoms with E-state index in [1.54, 1.807) is 25.3 Å². The fourth-order valence-electron chi connectivity index (χ4n) is 2.15. The van der Waals surface area contributed by atoms with Gasteiger partial charge in [-0.2, -0.15) is 0 Å². The van der Waals surface area contributed by atoms with Crippen molar-refractivity contribution >= 4 is 0 Å². The van der Waals surface area contributed by atoms with Crippen molar-refractivity contribution in [2.45, 2.75) is 39.5 Å². The molecule has 0 heterocycles. The van der Waals surface area contributed by atoms with Crippen molar-refractivity contribution in [1.82, 2.24) is 5.32 Å². The molecular formula is C19H24FNO2. The lowest BCUT2D eigenvalue weighted by atomic mass is 10.1. The zero-order valence-corrected chi connectivity index (χ0v) is 14.2. The van der Waals surface area contributed by atoms with Crippen molar-refractivity contribution in [3.63, 3.8) is 0 Å². The van der Waals surface area contributed by atoms with Gasteiger partial charge in [0.25, 0.3) is 0 Å². The molecule has 0 saturated heterocycles. The van der Waals surface area contributed by atoms with Gasteiger partial charge in [0.05, 0.1) is 7.11 Å². The van der Waals surface area contributed by atoms with Crippen molar-refractivity contribution < 1.29 is 13.9 Å². The van der Waals surface area contributed by atoms with Crippen LogP contribution in [0.2, 0.25) is 0 Å². The lowest BCUT2D eigenvalue weighted by molar-refractivity contribution is 0.274. The van der Waals surface area contributed by atoms with Gasteiger partial charge in [0.15, 0.2) is 11.5 Å². The molecule has 0 atom stereocenters. The van der Waals surface area contributed by atoms with E-state index < -0.39 is 0 Å². The number of rotatable bonds is 6. The molecule has 2 aromatic rings. The molecule has 2 rings (SSSR count). The van der Waals surface area contributed by atoms with Crippen LogP contribution in [0.15, 0.2) is 42.5 Å². The Morgan fingerprint density at radius 3 is 2.35 bits per heavy atom. The summed E-state index contributed by atoms with van der Waals surface area (Å²) in [4.78, 5) is 0. The summed E-state index contributed by atoms with van der Waals surface area (Å²) in [5.41, 5.74) is 1.50. The summed E-state index contributed by atoms with van der Waals surface area (Å²) >= 11 is 0. The zero-order valence-electron chi connectivity index (χ0n) is 14.2. The number of halogens is 1. The topological polar surface area (TPSA) is 30.5 Å². The van der Waals surface area contributed by atoms with Crippen LogP contribution in [0.1, 0.15) is 31.9 Å². The van der Waals surface area contributed by atoms with Gasteiger partial charge >= 0.3 is 0 Å². The summed E-state index contributed by atoms with van der Waals surface area (Å²) in [6, 6.07) is 12.4. The van der Waals surface area contributed by atoms with E-state index in [0.717, 1.165) is 5.56 Å². The number of methoxy groups -OCH3 is 1. The summed E-state index contributed by atoms with van der Waals surface area (Å²) in [6.07, 6.45) is 0. The van der Waals surface area contributed by atoms with Crippen molar-refractivity contribution in [2.24, 2.45) is 0 Å². The Morgan fingerprint density at radius 2 is 1.70 bits per heavy atom. The van der Waals surface area contributed by atoms with Gasteiger partial charge in [-0.3, -0.25) is 0 Å². The fraction of sp³-hybridized carbons (Fsp3) is 0.368. The van der Waals surface area contributed by atoms with Crippen LogP contribution in [0.3, 0.4) is 0 Å². The molecule has 0 bridgehead atoms. The predicted molar refractivity (Wildman–Crippen MR) is 90.3 cm³/mol. The molecule has 0 aromatic heterocycles. The van der Waals surface area contributed by atoms with Crippen LogP contribution in [0.25, 0.3) is 0 Å². The molecule has 0 radical (unpaired) electrons. The van der Waals surface area contributed by atoms with Crippen LogP contribution in [-0.4, -0.2) is 12.6 Å². The van der Waals surface area contributed by atoms with Crippen LogP contribution in [0.4, 0.5) is 4.39 Å². The molecule has 1 N–H and O–H groups in total. The zero-order chi connectivity index (χ0) is 16.9. The SMILES string of the molecule is COc1cccc(CNC(C)(C)C)c1OCc1ccccc1F. The molecule has 124 valence electrons. The second-order valence-electron chi connectivity index (χ2n) is 6.43. The Kier molecular flexibility index (Phi) is 5.61. The van der Waals surface area contributed by atoms with Crippen LogP contribution < -0.4 is 14.8 Å². The van der Waals surface area contributed by atoms with E-state index in [1.165, 1.54) is 6.07 Å². The maximum Gasteiger partial charge on any atom is 0.166 e. The first-order chi connectivity index (χ1) is 10.9. The van der Waals surface area contributed by atoms with Crippen molar-refractivity contribution in [2.75, 3.05) is 7.11 Å². The van der Waals surface area contributed by atoms with E-state index in [0.29, 0.717) is 23.6 Å². The Balaban J connectivity index is 2.20. The van der Waals surface area contributed by atoms with Gasteiger partial charge in [-0.1, -0.05) is 30.3 Å². The Bertz CT molecular complexity index is 650. The highest BCUT2D eigenvalue weighted by Crippen LogP contribution is 2.32. The van der Waals surface area contributed by atoms with E-state index >= 15 is 0 Å². The van der Waals surface area contributed by atoms with Crippen molar-refractivity contribution in [1.29, 1.82) is 0 Å². The van der Waals surface area contributed by atoms with Gasteiger partial charge in [0.2, 0.25) is 0 Å². The Hall–Kier alpha value is -2.07. The second-order valence-corrected chi connectivity index (χ2v) is 6.43. The molecule has 0 unspecified atom stereocenters. The highest BCUT2D eigenvalue weighted by molar-refractivity contribution is 5.46. The van der Waals surface area contributed by atoms with Crippen LogP contribution >= 0.6 is 0 Å². The molecule has 4 heteroatoms. The first-order valence-corrected chi connectivity index (χ1v) is 7.68. The highest BCUT2D eigenvalue weighted by Gasteiger charge is 2.15. The Morgan fingerprint density at radius 1 is 1.00 bits per heavy atom. The van der Waals surface area contributed by atoms with Crippen LogP contribution in [0.5, 0.6) is 11.5 Å². The third-order valence-corrected chi connectivity index (χ3v) is 3.42.